The maximum atomic E-state index is 3.64. The van der Waals surface area contributed by atoms with E-state index < -0.39 is 0 Å². The number of hydrogen-bond acceptors (Lipinski definition) is 1. The van der Waals surface area contributed by atoms with Crippen LogP contribution in [0.1, 0.15) is 19.3 Å². The van der Waals surface area contributed by atoms with E-state index in [0.29, 0.717) is 0 Å². The first-order chi connectivity index (χ1) is 4.38. The quantitative estimate of drug-likeness (QED) is 0.461. The first-order valence-electron chi connectivity index (χ1n) is 4.15. The Morgan fingerprint density at radius 3 is 2.56 bits per heavy atom. The first kappa shape index (κ1) is 3.38. The lowest BCUT2D eigenvalue weighted by atomic mass is 10.0. The fourth-order valence-electron chi connectivity index (χ4n) is 4.68. The highest BCUT2D eigenvalue weighted by Crippen LogP contribution is 3.08. The van der Waals surface area contributed by atoms with Crippen LogP contribution in [-0.4, -0.2) is 11.6 Å². The van der Waals surface area contributed by atoms with Gasteiger partial charge in [-0.1, -0.05) is 0 Å². The van der Waals surface area contributed by atoms with Crippen molar-refractivity contribution < 1.29 is 0 Å². The van der Waals surface area contributed by atoms with Gasteiger partial charge in [0.1, 0.15) is 0 Å². The Morgan fingerprint density at radius 2 is 2.22 bits per heavy atom. The van der Waals surface area contributed by atoms with Crippen LogP contribution >= 0.6 is 0 Å². The molecule has 1 nitrogen and oxygen atoms in total. The van der Waals surface area contributed by atoms with Gasteiger partial charge in [0.05, 0.1) is 0 Å². The van der Waals surface area contributed by atoms with E-state index in [0.717, 1.165) is 22.4 Å². The van der Waals surface area contributed by atoms with Crippen LogP contribution in [0.25, 0.3) is 0 Å². The number of rotatable bonds is 0. The van der Waals surface area contributed by atoms with Crippen LogP contribution < -0.4 is 5.32 Å². The number of fused-ring (bicyclic) bond motifs is 2. The second-order valence-corrected chi connectivity index (χ2v) is 4.88. The third-order valence-electron chi connectivity index (χ3n) is 5.14. The molecule has 0 aromatic carbocycles. The highest BCUT2D eigenvalue weighted by Gasteiger charge is 3.13. The van der Waals surface area contributed by atoms with E-state index in [9.17, 15) is 0 Å². The number of hydrogen-bond donors (Lipinski definition) is 1. The predicted molar refractivity (Wildman–Crippen MR) is 31.9 cm³/mol. The summed E-state index contributed by atoms with van der Waals surface area (Å²) in [5.41, 5.74) is 2.77. The molecule has 5 fully saturated rings. The summed E-state index contributed by atoms with van der Waals surface area (Å²) >= 11 is 0. The van der Waals surface area contributed by atoms with Gasteiger partial charge in [0.25, 0.3) is 0 Å². The SMILES string of the molecule is C1CC12C1C3NC34CC124. The van der Waals surface area contributed by atoms with Crippen molar-refractivity contribution in [1.29, 1.82) is 0 Å². The fraction of sp³-hybridized carbons (Fsp3) is 1.00. The van der Waals surface area contributed by atoms with Crippen molar-refractivity contribution in [3.8, 4) is 0 Å². The van der Waals surface area contributed by atoms with Crippen LogP contribution in [0.2, 0.25) is 0 Å². The van der Waals surface area contributed by atoms with Gasteiger partial charge >= 0.3 is 0 Å². The Morgan fingerprint density at radius 1 is 1.33 bits per heavy atom. The zero-order valence-corrected chi connectivity index (χ0v) is 5.28. The Hall–Kier alpha value is -0.0400. The van der Waals surface area contributed by atoms with Crippen molar-refractivity contribution in [3.05, 3.63) is 0 Å². The summed E-state index contributed by atoms with van der Waals surface area (Å²) in [6, 6.07) is 1.04. The summed E-state index contributed by atoms with van der Waals surface area (Å²) in [7, 11) is 0. The van der Waals surface area contributed by atoms with E-state index in [-0.39, 0.29) is 0 Å². The van der Waals surface area contributed by atoms with Crippen molar-refractivity contribution in [2.75, 3.05) is 0 Å². The highest BCUT2D eigenvalue weighted by molar-refractivity contribution is 5.66. The van der Waals surface area contributed by atoms with Crippen LogP contribution in [0.5, 0.6) is 0 Å². The fourth-order valence-corrected chi connectivity index (χ4v) is 4.68. The van der Waals surface area contributed by atoms with Crippen LogP contribution in [0, 0.1) is 16.7 Å². The van der Waals surface area contributed by atoms with Crippen LogP contribution in [0.3, 0.4) is 0 Å². The zero-order valence-electron chi connectivity index (χ0n) is 5.28. The van der Waals surface area contributed by atoms with Gasteiger partial charge in [-0.15, -0.1) is 0 Å². The third-order valence-corrected chi connectivity index (χ3v) is 5.14. The Kier molecular flexibility index (Phi) is 0.185. The van der Waals surface area contributed by atoms with Gasteiger partial charge in [0.2, 0.25) is 0 Å². The highest BCUT2D eigenvalue weighted by atomic mass is 15.5. The van der Waals surface area contributed by atoms with E-state index in [1.807, 2.05) is 0 Å². The first-order valence-corrected chi connectivity index (χ1v) is 4.15. The van der Waals surface area contributed by atoms with Crippen LogP contribution in [0.15, 0.2) is 0 Å². The van der Waals surface area contributed by atoms with Gasteiger partial charge in [0, 0.05) is 17.0 Å². The topological polar surface area (TPSA) is 21.9 Å². The molecule has 0 amide bonds. The van der Waals surface area contributed by atoms with E-state index in [1.165, 1.54) is 5.92 Å². The lowest BCUT2D eigenvalue weighted by molar-refractivity contribution is 0.567. The Labute approximate surface area is 53.8 Å². The molecule has 4 aliphatic carbocycles. The molecule has 1 heterocycles. The molecular formula is C8H9N. The molecule has 1 heteroatoms. The summed E-state index contributed by atoms with van der Waals surface area (Å²) in [4.78, 5) is 0. The van der Waals surface area contributed by atoms with Gasteiger partial charge in [-0.2, -0.15) is 0 Å². The maximum absolute atomic E-state index is 3.64. The molecule has 46 valence electrons. The molecule has 0 bridgehead atoms. The monoisotopic (exact) mass is 119 g/mol. The molecule has 1 saturated heterocycles. The molecule has 9 heavy (non-hydrogen) atoms. The van der Waals surface area contributed by atoms with E-state index in [2.05, 4.69) is 5.32 Å². The number of piperidine rings is 2. The molecule has 4 atom stereocenters. The average molecular weight is 119 g/mol. The molecule has 0 radical (unpaired) electrons. The second kappa shape index (κ2) is 0.493. The lowest BCUT2D eigenvalue weighted by Gasteiger charge is -1.98. The predicted octanol–water partition coefficient (Wildman–Crippen LogP) is 0.511. The summed E-state index contributed by atoms with van der Waals surface area (Å²) in [6.45, 7) is 0. The van der Waals surface area contributed by atoms with Crippen LogP contribution in [0.4, 0.5) is 0 Å². The van der Waals surface area contributed by atoms with Crippen molar-refractivity contribution in [1.82, 2.24) is 5.32 Å². The van der Waals surface area contributed by atoms with Gasteiger partial charge in [-0.05, 0) is 30.6 Å². The second-order valence-electron chi connectivity index (χ2n) is 4.88. The van der Waals surface area contributed by atoms with Gasteiger partial charge in [0.15, 0.2) is 0 Å². The van der Waals surface area contributed by atoms with Crippen molar-refractivity contribution in [3.63, 3.8) is 0 Å². The molecule has 4 unspecified atom stereocenters. The van der Waals surface area contributed by atoms with Crippen molar-refractivity contribution in [2.24, 2.45) is 16.7 Å². The van der Waals surface area contributed by atoms with Gasteiger partial charge in [-0.3, -0.25) is 0 Å². The third kappa shape index (κ3) is 0.113. The Balaban J connectivity index is 1.94. The minimum atomic E-state index is 0.814. The molecule has 0 aromatic rings. The minimum Gasteiger partial charge on any atom is -0.304 e. The molecule has 5 aliphatic rings. The Bertz CT molecular complexity index is 268. The molecule has 0 aromatic heterocycles. The van der Waals surface area contributed by atoms with Crippen LogP contribution in [-0.2, 0) is 0 Å². The molecule has 1 N–H and O–H groups in total. The largest absolute Gasteiger partial charge is 0.304 e. The average Bonchev–Trinajstić information content (AvgIpc) is 2.74. The molecular weight excluding hydrogens is 110 g/mol. The normalized spacial score (nSPS) is 88.0. The summed E-state index contributed by atoms with van der Waals surface area (Å²) in [5, 5.41) is 3.64. The van der Waals surface area contributed by atoms with Crippen molar-refractivity contribution in [2.45, 2.75) is 30.8 Å². The summed E-state index contributed by atoms with van der Waals surface area (Å²) < 4.78 is 0. The molecule has 1 aliphatic heterocycles. The smallest absolute Gasteiger partial charge is 0.0414 e. The van der Waals surface area contributed by atoms with Gasteiger partial charge in [-0.25, -0.2) is 0 Å². The maximum Gasteiger partial charge on any atom is 0.0414 e. The number of nitrogens with one attached hydrogen (secondary N) is 1. The lowest BCUT2D eigenvalue weighted by Crippen LogP contribution is -2.11. The van der Waals surface area contributed by atoms with E-state index in [1.54, 1.807) is 19.3 Å². The minimum absolute atomic E-state index is 0.814. The molecule has 4 saturated carbocycles. The summed E-state index contributed by atoms with van der Waals surface area (Å²) in [6.07, 6.45) is 4.77. The van der Waals surface area contributed by atoms with E-state index in [4.69, 9.17) is 0 Å². The summed E-state index contributed by atoms with van der Waals surface area (Å²) in [5.74, 6) is 1.20. The van der Waals surface area contributed by atoms with E-state index >= 15 is 0 Å². The molecule has 5 rings (SSSR count). The van der Waals surface area contributed by atoms with Crippen molar-refractivity contribution >= 4 is 0 Å². The zero-order chi connectivity index (χ0) is 5.48. The standard InChI is InChI=1S/C8H9N/c1-2-6(1)4-5-8(9-5)3-7(4,6)8/h4-5,9H,1-3H2. The molecule has 3 spiro atoms. The van der Waals surface area contributed by atoms with Gasteiger partial charge < -0.3 is 5.32 Å².